The van der Waals surface area contributed by atoms with E-state index in [0.29, 0.717) is 0 Å². The van der Waals surface area contributed by atoms with Crippen molar-refractivity contribution in [3.63, 3.8) is 0 Å². The fourth-order valence-electron chi connectivity index (χ4n) is 8.36. The standard InChI is InChI=1S/C32H44F22O/c33-1-23(2-34,3-35)25(7-39,8-40)27(11-43,12-44)29(15-47,16-48)31(19-51,20-52)55-32(21-53,22-54)30(17-49,18-50)28(13-45,14-46)26(9-41,10-42)24(4-36,5-37)6-38/h1-22H2. The Hall–Kier alpha value is -1.58. The van der Waals surface area contributed by atoms with Crippen molar-refractivity contribution in [2.75, 3.05) is 147 Å². The molecule has 0 atom stereocenters. The van der Waals surface area contributed by atoms with Gasteiger partial charge in [-0.1, -0.05) is 0 Å². The monoisotopic (exact) mass is 862 g/mol. The minimum absolute atomic E-state index is 2.70. The third-order valence-corrected chi connectivity index (χ3v) is 13.0. The Morgan fingerprint density at radius 1 is 0.182 bits per heavy atom. The second-order valence-corrected chi connectivity index (χ2v) is 14.1. The molecule has 0 saturated carbocycles. The molecule has 55 heavy (non-hydrogen) atoms. The molecule has 0 aliphatic heterocycles. The Labute approximate surface area is 303 Å². The molecule has 0 heterocycles. The summed E-state index contributed by atoms with van der Waals surface area (Å²) in [6.45, 7) is -66.2. The molecule has 0 aliphatic rings. The summed E-state index contributed by atoms with van der Waals surface area (Å²) in [5.74, 6) is 0. The largest absolute Gasteiger partial charge is 0.356 e. The lowest BCUT2D eigenvalue weighted by molar-refractivity contribution is -0.356. The molecule has 0 unspecified atom stereocenters. The van der Waals surface area contributed by atoms with Gasteiger partial charge in [-0.3, -0.25) is 79.0 Å². The van der Waals surface area contributed by atoms with Crippen LogP contribution in [-0.2, 0) is 4.74 Å². The maximum absolute atomic E-state index is 15.6. The van der Waals surface area contributed by atoms with Crippen LogP contribution in [0.3, 0.4) is 0 Å². The predicted octanol–water partition coefficient (Wildman–Crippen LogP) is 9.70. The summed E-state index contributed by atoms with van der Waals surface area (Å²) in [5.41, 5.74) is -46.3. The summed E-state index contributed by atoms with van der Waals surface area (Å²) < 4.78 is 337. The van der Waals surface area contributed by atoms with Crippen molar-refractivity contribution in [1.82, 2.24) is 0 Å². The molecule has 0 aromatic heterocycles. The van der Waals surface area contributed by atoms with Gasteiger partial charge in [0.1, 0.15) is 105 Å². The Kier molecular flexibility index (Phi) is 20.3. The van der Waals surface area contributed by atoms with E-state index in [1.54, 1.807) is 0 Å². The van der Waals surface area contributed by atoms with Gasteiger partial charge in [0, 0.05) is 0 Å². The van der Waals surface area contributed by atoms with Gasteiger partial charge in [-0.05, 0) is 0 Å². The molecule has 0 aliphatic carbocycles. The molecule has 0 amide bonds. The zero-order valence-corrected chi connectivity index (χ0v) is 29.3. The molecule has 332 valence electrons. The van der Waals surface area contributed by atoms with Crippen LogP contribution in [-0.4, -0.2) is 158 Å². The van der Waals surface area contributed by atoms with Crippen LogP contribution in [0.2, 0.25) is 0 Å². The first-order valence-electron chi connectivity index (χ1n) is 16.1. The fourth-order valence-corrected chi connectivity index (χ4v) is 8.36. The van der Waals surface area contributed by atoms with Gasteiger partial charge in [-0.2, -0.15) is 0 Å². The topological polar surface area (TPSA) is 9.23 Å². The molecule has 1 nitrogen and oxygen atoms in total. The van der Waals surface area contributed by atoms with Gasteiger partial charge < -0.3 is 4.74 Å². The summed E-state index contributed by atoms with van der Waals surface area (Å²) in [6, 6.07) is 0. The molecular formula is C32H44F22O. The van der Waals surface area contributed by atoms with Crippen molar-refractivity contribution >= 4 is 0 Å². The summed E-state index contributed by atoms with van der Waals surface area (Å²) in [6.07, 6.45) is 0. The number of rotatable bonds is 32. The predicted molar refractivity (Wildman–Crippen MR) is 157 cm³/mol. The average Bonchev–Trinajstić information content (AvgIpc) is 3.25. The summed E-state index contributed by atoms with van der Waals surface area (Å²) in [7, 11) is 0. The van der Waals surface area contributed by atoms with Crippen molar-refractivity contribution in [3.05, 3.63) is 0 Å². The Balaban J connectivity index is 9.28. The van der Waals surface area contributed by atoms with E-state index in [-0.39, 0.29) is 0 Å². The van der Waals surface area contributed by atoms with E-state index < -0.39 is 201 Å². The van der Waals surface area contributed by atoms with E-state index in [1.165, 1.54) is 0 Å². The maximum Gasteiger partial charge on any atom is 0.137 e. The van der Waals surface area contributed by atoms with Crippen LogP contribution in [0.1, 0.15) is 0 Å². The van der Waals surface area contributed by atoms with Crippen LogP contribution in [0.15, 0.2) is 0 Å². The lowest BCUT2D eigenvalue weighted by Gasteiger charge is -2.66. The minimum atomic E-state index is -4.98. The fraction of sp³-hybridized carbons (Fsp3) is 1.00. The van der Waals surface area contributed by atoms with E-state index in [0.717, 1.165) is 0 Å². The maximum atomic E-state index is 15.6. The molecule has 23 heteroatoms. The van der Waals surface area contributed by atoms with E-state index in [1.807, 2.05) is 0 Å². The van der Waals surface area contributed by atoms with Crippen molar-refractivity contribution in [3.8, 4) is 0 Å². The molecule has 0 bridgehead atoms. The van der Waals surface area contributed by atoms with Gasteiger partial charge in [-0.25, -0.2) is 17.6 Å². The average molecular weight is 863 g/mol. The minimum Gasteiger partial charge on any atom is -0.356 e. The highest BCUT2D eigenvalue weighted by molar-refractivity contribution is 5.24. The van der Waals surface area contributed by atoms with E-state index >= 15 is 70.2 Å². The zero-order valence-electron chi connectivity index (χ0n) is 29.3. The van der Waals surface area contributed by atoms with E-state index in [2.05, 4.69) is 0 Å². The molecule has 0 spiro atoms. The van der Waals surface area contributed by atoms with Gasteiger partial charge in [0.15, 0.2) is 0 Å². The Morgan fingerprint density at radius 3 is 0.455 bits per heavy atom. The highest BCUT2D eigenvalue weighted by Crippen LogP contribution is 2.69. The SMILES string of the molecule is FCC(CF)(CF)C(CF)(CF)C(CF)(CF)C(CF)(CF)C(CF)(CF)OC(CF)(CF)C(CF)(CF)C(CF)(CF)C(CF)(CF)C(CF)(CF)CF. The van der Waals surface area contributed by atoms with Crippen LogP contribution in [0.5, 0.6) is 0 Å². The van der Waals surface area contributed by atoms with Crippen LogP contribution in [0.4, 0.5) is 96.6 Å². The van der Waals surface area contributed by atoms with E-state index in [9.17, 15) is 26.3 Å². The highest BCUT2D eigenvalue weighted by Gasteiger charge is 2.81. The Bertz CT molecular complexity index is 960. The van der Waals surface area contributed by atoms with Gasteiger partial charge in [-0.15, -0.1) is 0 Å². The first-order valence-corrected chi connectivity index (χ1v) is 16.1. The molecule has 0 N–H and O–H groups in total. The summed E-state index contributed by atoms with van der Waals surface area (Å²) in [5, 5.41) is 0. The molecule has 0 rings (SSSR count). The molecule has 0 aromatic carbocycles. The van der Waals surface area contributed by atoms with Crippen LogP contribution in [0.25, 0.3) is 0 Å². The van der Waals surface area contributed by atoms with Crippen molar-refractivity contribution < 1.29 is 101 Å². The van der Waals surface area contributed by atoms with Crippen LogP contribution in [0, 0.1) is 43.3 Å². The molecule has 0 saturated heterocycles. The zero-order chi connectivity index (χ0) is 43.3. The van der Waals surface area contributed by atoms with Gasteiger partial charge in [0.05, 0.1) is 96.7 Å². The van der Waals surface area contributed by atoms with Gasteiger partial charge in [0.2, 0.25) is 0 Å². The lowest BCUT2D eigenvalue weighted by atomic mass is 9.41. The smallest absolute Gasteiger partial charge is 0.137 e. The second kappa shape index (κ2) is 20.9. The third-order valence-electron chi connectivity index (χ3n) is 13.0. The number of ether oxygens (including phenoxy) is 1. The third kappa shape index (κ3) is 6.57. The summed E-state index contributed by atoms with van der Waals surface area (Å²) in [4.78, 5) is 0. The molecule has 0 radical (unpaired) electrons. The number of halogens is 22. The molecular weight excluding hydrogens is 818 g/mol. The van der Waals surface area contributed by atoms with Crippen molar-refractivity contribution in [1.29, 1.82) is 0 Å². The van der Waals surface area contributed by atoms with Crippen LogP contribution >= 0.6 is 0 Å². The number of alkyl halides is 22. The Morgan fingerprint density at radius 2 is 0.345 bits per heavy atom. The quantitative estimate of drug-likeness (QED) is 0.0613. The number of hydrogen-bond donors (Lipinski definition) is 0. The van der Waals surface area contributed by atoms with Gasteiger partial charge >= 0.3 is 0 Å². The van der Waals surface area contributed by atoms with Crippen LogP contribution < -0.4 is 0 Å². The first kappa shape index (κ1) is 53.4. The normalized spacial score (nSPS) is 14.9. The van der Waals surface area contributed by atoms with E-state index in [4.69, 9.17) is 4.74 Å². The van der Waals surface area contributed by atoms with Crippen molar-refractivity contribution in [2.24, 2.45) is 43.3 Å². The number of hydrogen-bond acceptors (Lipinski definition) is 1. The first-order chi connectivity index (χ1) is 26.0. The summed E-state index contributed by atoms with van der Waals surface area (Å²) >= 11 is 0. The molecule has 0 fully saturated rings. The highest BCUT2D eigenvalue weighted by atomic mass is 19.2. The second-order valence-electron chi connectivity index (χ2n) is 14.1. The van der Waals surface area contributed by atoms with Crippen molar-refractivity contribution in [2.45, 2.75) is 11.2 Å². The molecule has 0 aromatic rings. The lowest BCUT2D eigenvalue weighted by Crippen LogP contribution is -2.79. The van der Waals surface area contributed by atoms with Gasteiger partial charge in [0.25, 0.3) is 0 Å².